The Morgan fingerprint density at radius 3 is 2.16 bits per heavy atom. The van der Waals surface area contributed by atoms with E-state index in [0.717, 1.165) is 0 Å². The van der Waals surface area contributed by atoms with Crippen LogP contribution in [-0.2, 0) is 20.6 Å². The first-order valence-electron chi connectivity index (χ1n) is 5.14. The minimum Gasteiger partial charge on any atom is -0.361 e. The van der Waals surface area contributed by atoms with E-state index in [9.17, 15) is 16.8 Å². The molecule has 0 saturated carbocycles. The van der Waals surface area contributed by atoms with Crippen molar-refractivity contribution < 1.29 is 21.6 Å². The van der Waals surface area contributed by atoms with Crippen LogP contribution in [-0.4, -0.2) is 37.6 Å². The third kappa shape index (κ3) is 3.72. The molecule has 0 heterocycles. The molecule has 0 bridgehead atoms. The van der Waals surface area contributed by atoms with Gasteiger partial charge >= 0.3 is 6.21 Å². The zero-order valence-electron chi connectivity index (χ0n) is 9.89. The maximum atomic E-state index is 11.3. The number of hydrogen-bond acceptors (Lipinski definition) is 4. The molecule has 0 fully saturated rings. The Morgan fingerprint density at radius 1 is 1.16 bits per heavy atom. The van der Waals surface area contributed by atoms with Crippen LogP contribution >= 0.6 is 0 Å². The molecule has 1 aromatic carbocycles. The smallest absolute Gasteiger partial charge is 0.304 e. The van der Waals surface area contributed by atoms with Crippen LogP contribution in [0.2, 0.25) is 0 Å². The average molecular weight is 298 g/mol. The lowest BCUT2D eigenvalue weighted by Gasteiger charge is -2.09. The Balaban J connectivity index is 3.55. The summed E-state index contributed by atoms with van der Waals surface area (Å²) in [5.41, 5.74) is 9.06. The van der Waals surface area contributed by atoms with Gasteiger partial charge in [0.25, 0.3) is 0 Å². The van der Waals surface area contributed by atoms with Gasteiger partial charge < -0.3 is 5.53 Å². The molecular weight excluding hydrogens is 288 g/mol. The van der Waals surface area contributed by atoms with E-state index in [2.05, 4.69) is 4.79 Å². The second kappa shape index (κ2) is 6.79. The van der Waals surface area contributed by atoms with Crippen molar-refractivity contribution in [2.75, 3.05) is 0 Å². The van der Waals surface area contributed by atoms with Crippen molar-refractivity contribution in [3.8, 4) is 0 Å². The highest BCUT2D eigenvalue weighted by Gasteiger charge is 2.23. The zero-order chi connectivity index (χ0) is 14.4. The van der Waals surface area contributed by atoms with Crippen molar-refractivity contribution in [2.45, 2.75) is 12.8 Å². The third-order valence-corrected chi connectivity index (χ3v) is 4.22. The van der Waals surface area contributed by atoms with Gasteiger partial charge in [-0.3, -0.25) is 0 Å². The second-order valence-corrected chi connectivity index (χ2v) is 5.39. The summed E-state index contributed by atoms with van der Waals surface area (Å²) >= 11 is 0. The molecule has 0 aromatic heterocycles. The molecule has 0 aliphatic carbocycles. The molecule has 1 atom stereocenters. The number of benzene rings is 1. The molecule has 0 N–H and O–H groups in total. The van der Waals surface area contributed by atoms with Gasteiger partial charge in [-0.25, -0.2) is 0 Å². The van der Waals surface area contributed by atoms with E-state index < -0.39 is 31.4 Å². The summed E-state index contributed by atoms with van der Waals surface area (Å²) < 4.78 is 44.6. The first-order chi connectivity index (χ1) is 8.99. The fourth-order valence-corrected chi connectivity index (χ4v) is 3.10. The van der Waals surface area contributed by atoms with Gasteiger partial charge in [0.2, 0.25) is 20.6 Å². The van der Waals surface area contributed by atoms with Gasteiger partial charge in [-0.1, -0.05) is 37.3 Å². The Hall–Kier alpha value is -2.02. The standard InChI is InChI=1S/C11H10N2O4S2/c1-8(9-5-3-2-4-6-9)11(19(16)17)10(7-13-12)18(14)15/h2-8H,1H3. The van der Waals surface area contributed by atoms with E-state index in [1.807, 2.05) is 0 Å². The van der Waals surface area contributed by atoms with Crippen molar-refractivity contribution in [1.82, 2.24) is 0 Å². The molecule has 0 saturated heterocycles. The molecule has 0 spiro atoms. The van der Waals surface area contributed by atoms with Gasteiger partial charge in [-0.2, -0.15) is 21.6 Å². The topological polar surface area (TPSA) is 105 Å². The molecule has 100 valence electrons. The summed E-state index contributed by atoms with van der Waals surface area (Å²) in [7, 11) is -5.57. The van der Waals surface area contributed by atoms with Crippen LogP contribution in [0.3, 0.4) is 0 Å². The number of hydrogen-bond donors (Lipinski definition) is 0. The molecule has 1 rings (SSSR count). The van der Waals surface area contributed by atoms with E-state index in [1.165, 1.54) is 0 Å². The van der Waals surface area contributed by atoms with Gasteiger partial charge in [0.1, 0.15) is 4.86 Å². The van der Waals surface area contributed by atoms with Crippen LogP contribution in [0.5, 0.6) is 0 Å². The van der Waals surface area contributed by atoms with Crippen LogP contribution in [0.25, 0.3) is 5.53 Å². The Morgan fingerprint density at radius 2 is 1.74 bits per heavy atom. The lowest BCUT2D eigenvalue weighted by Crippen LogP contribution is -2.24. The van der Waals surface area contributed by atoms with Gasteiger partial charge in [0.05, 0.1) is 0 Å². The van der Waals surface area contributed by atoms with Gasteiger partial charge in [-0.15, -0.1) is 0 Å². The van der Waals surface area contributed by atoms with Gasteiger partial charge in [0, 0.05) is 5.92 Å². The van der Waals surface area contributed by atoms with E-state index in [-0.39, 0.29) is 4.86 Å². The van der Waals surface area contributed by atoms with E-state index in [0.29, 0.717) is 11.8 Å². The molecule has 19 heavy (non-hydrogen) atoms. The van der Waals surface area contributed by atoms with Crippen molar-refractivity contribution in [3.05, 3.63) is 41.4 Å². The fourth-order valence-electron chi connectivity index (χ4n) is 1.57. The quantitative estimate of drug-likeness (QED) is 0.342. The molecule has 6 nitrogen and oxygen atoms in total. The summed E-state index contributed by atoms with van der Waals surface area (Å²) in [5, 5.41) is 0. The highest BCUT2D eigenvalue weighted by atomic mass is 32.2. The lowest BCUT2D eigenvalue weighted by atomic mass is 9.96. The second-order valence-electron chi connectivity index (χ2n) is 3.57. The first kappa shape index (κ1) is 15.0. The van der Waals surface area contributed by atoms with Crippen LogP contribution in [0.4, 0.5) is 0 Å². The van der Waals surface area contributed by atoms with Crippen LogP contribution in [0, 0.1) is 0 Å². The fraction of sp³-hybridized carbons (Fsp3) is 0.182. The van der Waals surface area contributed by atoms with Crippen LogP contribution < -0.4 is 0 Å². The minimum absolute atomic E-state index is 0.350. The maximum Gasteiger partial charge on any atom is 0.304 e. The van der Waals surface area contributed by atoms with Crippen molar-refractivity contribution in [2.24, 2.45) is 0 Å². The van der Waals surface area contributed by atoms with Crippen LogP contribution in [0.1, 0.15) is 18.4 Å². The van der Waals surface area contributed by atoms with Crippen molar-refractivity contribution >= 4 is 36.5 Å². The number of rotatable bonds is 4. The summed E-state index contributed by atoms with van der Waals surface area (Å²) in [6.45, 7) is 1.55. The molecule has 0 amide bonds. The molecule has 0 aliphatic rings. The molecular formula is C11H10N2O4S2. The highest BCUT2D eigenvalue weighted by molar-refractivity contribution is 7.84. The normalized spacial score (nSPS) is 11.0. The first-order valence-corrected chi connectivity index (χ1v) is 7.29. The van der Waals surface area contributed by atoms with E-state index in [1.54, 1.807) is 37.3 Å². The summed E-state index contributed by atoms with van der Waals surface area (Å²) in [6.07, 6.45) is 0.591. The third-order valence-electron chi connectivity index (χ3n) is 2.47. The molecule has 1 unspecified atom stereocenters. The monoisotopic (exact) mass is 298 g/mol. The molecule has 0 aliphatic heterocycles. The minimum atomic E-state index is -2.82. The molecule has 0 radical (unpaired) electrons. The molecule has 1 aromatic rings. The summed E-state index contributed by atoms with van der Waals surface area (Å²) in [5.74, 6) is -0.676. The van der Waals surface area contributed by atoms with Crippen molar-refractivity contribution in [3.63, 3.8) is 0 Å². The predicted molar refractivity (Wildman–Crippen MR) is 72.4 cm³/mol. The Kier molecular flexibility index (Phi) is 5.37. The largest absolute Gasteiger partial charge is 0.361 e. The van der Waals surface area contributed by atoms with Gasteiger partial charge in [0.15, 0.2) is 4.86 Å². The van der Waals surface area contributed by atoms with E-state index in [4.69, 9.17) is 5.53 Å². The summed E-state index contributed by atoms with van der Waals surface area (Å²) in [6, 6.07) is 8.55. The lowest BCUT2D eigenvalue weighted by molar-refractivity contribution is 0.00689. The van der Waals surface area contributed by atoms with Gasteiger partial charge in [-0.05, 0) is 5.56 Å². The Bertz CT molecular complexity index is 770. The highest BCUT2D eigenvalue weighted by Crippen LogP contribution is 2.16. The van der Waals surface area contributed by atoms with Crippen molar-refractivity contribution in [1.29, 1.82) is 0 Å². The Labute approximate surface area is 113 Å². The van der Waals surface area contributed by atoms with Crippen LogP contribution in [0.15, 0.2) is 30.3 Å². The predicted octanol–water partition coefficient (Wildman–Crippen LogP) is 0.194. The molecule has 8 heteroatoms. The maximum absolute atomic E-state index is 11.3. The van der Waals surface area contributed by atoms with E-state index >= 15 is 0 Å². The SMILES string of the molecule is CC(C(C(C=[N+]=[N-])=S(=O)=O)=S(=O)=O)c1ccccc1. The number of nitrogens with zero attached hydrogens (tertiary/aromatic N) is 2. The average Bonchev–Trinajstić information content (AvgIpc) is 2.38. The zero-order valence-corrected chi connectivity index (χ0v) is 11.5. The summed E-state index contributed by atoms with van der Waals surface area (Å²) in [4.78, 5) is 1.67.